The SMILES string of the molecule is COCC(=O)N(C)c1ccc2c(c1)[C@H]1C(c3c[n]([Tl])cn3)[C@H]1CO2. The Morgan fingerprint density at radius 1 is 1.50 bits per heavy atom. The second-order valence-corrected chi connectivity index (χ2v) is 8.70. The molecule has 1 saturated carbocycles. The summed E-state index contributed by atoms with van der Waals surface area (Å²) in [7, 11) is 3.31. The summed E-state index contributed by atoms with van der Waals surface area (Å²) in [5.74, 6) is 2.24. The number of carbonyl (C=O) groups is 1. The van der Waals surface area contributed by atoms with Crippen LogP contribution in [0.15, 0.2) is 30.7 Å². The van der Waals surface area contributed by atoms with Crippen LogP contribution in [0, 0.1) is 5.92 Å². The van der Waals surface area contributed by atoms with Crippen molar-refractivity contribution >= 4 is 37.7 Å². The summed E-state index contributed by atoms with van der Waals surface area (Å²) in [6.45, 7) is 0.827. The first-order valence-electron chi connectivity index (χ1n) is 7.91. The van der Waals surface area contributed by atoms with E-state index in [2.05, 4.69) is 19.6 Å². The summed E-state index contributed by atoms with van der Waals surface area (Å²) in [4.78, 5) is 18.2. The molecule has 2 heterocycles. The number of likely N-dealkylation sites (N-methyl/N-ethyl adjacent to an activating group) is 1. The Morgan fingerprint density at radius 3 is 3.04 bits per heavy atom. The molecule has 6 nitrogen and oxygen atoms in total. The van der Waals surface area contributed by atoms with Crippen LogP contribution in [-0.2, 0) is 9.53 Å². The molecular weight excluding hydrogens is 499 g/mol. The van der Waals surface area contributed by atoms with Gasteiger partial charge in [-0.25, -0.2) is 0 Å². The van der Waals surface area contributed by atoms with Crippen LogP contribution in [-0.4, -0.2) is 66.7 Å². The summed E-state index contributed by atoms with van der Waals surface area (Å²) in [6.07, 6.45) is 4.07. The average molecular weight is 517 g/mol. The van der Waals surface area contributed by atoms with Crippen molar-refractivity contribution in [3.8, 4) is 5.75 Å². The number of carbonyl (C=O) groups excluding carboxylic acids is 1. The predicted molar refractivity (Wildman–Crippen MR) is 89.6 cm³/mol. The van der Waals surface area contributed by atoms with Crippen LogP contribution < -0.4 is 9.64 Å². The zero-order chi connectivity index (χ0) is 16.8. The van der Waals surface area contributed by atoms with Crippen LogP contribution >= 0.6 is 0 Å². The fourth-order valence-electron chi connectivity index (χ4n) is 3.62. The Labute approximate surface area is 156 Å². The molecule has 122 valence electrons. The predicted octanol–water partition coefficient (Wildman–Crippen LogP) is 1.31. The second-order valence-electron chi connectivity index (χ2n) is 6.38. The van der Waals surface area contributed by atoms with Crippen LogP contribution in [0.25, 0.3) is 0 Å². The van der Waals surface area contributed by atoms with Gasteiger partial charge in [0.05, 0.1) is 0 Å². The average Bonchev–Trinajstić information content (AvgIpc) is 3.18. The molecule has 2 aliphatic rings. The normalized spacial score (nSPS) is 23.8. The van der Waals surface area contributed by atoms with Gasteiger partial charge in [-0.3, -0.25) is 0 Å². The number of aromatic nitrogens is 2. The Kier molecular flexibility index (Phi) is 4.11. The first-order chi connectivity index (χ1) is 11.6. The molecule has 0 N–H and O–H groups in total. The molecule has 0 bridgehead atoms. The Balaban J connectivity index is 1.62. The number of amides is 1. The van der Waals surface area contributed by atoms with Crippen LogP contribution in [0.1, 0.15) is 23.1 Å². The number of hydrogen-bond acceptors (Lipinski definition) is 4. The topological polar surface area (TPSA) is 56.6 Å². The number of methoxy groups -OCH3 is 1. The van der Waals surface area contributed by atoms with Crippen molar-refractivity contribution in [1.29, 1.82) is 0 Å². The summed E-state index contributed by atoms with van der Waals surface area (Å²) in [5, 5.41) is 0. The molecule has 3 atom stereocenters. The molecule has 2 aromatic rings. The molecule has 0 saturated heterocycles. The van der Waals surface area contributed by atoms with Gasteiger partial charge >= 0.3 is 150 Å². The van der Waals surface area contributed by atoms with Gasteiger partial charge in [0.25, 0.3) is 0 Å². The van der Waals surface area contributed by atoms with Gasteiger partial charge in [-0.1, -0.05) is 0 Å². The number of rotatable bonds is 4. The Bertz CT molecular complexity index is 791. The maximum atomic E-state index is 12.1. The fraction of sp³-hybridized carbons (Fsp3) is 0.412. The van der Waals surface area contributed by atoms with E-state index in [4.69, 9.17) is 9.47 Å². The molecule has 1 fully saturated rings. The van der Waals surface area contributed by atoms with E-state index >= 15 is 0 Å². The molecule has 1 aliphatic carbocycles. The van der Waals surface area contributed by atoms with E-state index in [1.54, 1.807) is 11.9 Å². The van der Waals surface area contributed by atoms with E-state index < -0.39 is 0 Å². The van der Waals surface area contributed by atoms with Crippen LogP contribution in [0.3, 0.4) is 0 Å². The van der Waals surface area contributed by atoms with Crippen molar-refractivity contribution in [3.63, 3.8) is 0 Å². The monoisotopic (exact) mass is 517 g/mol. The van der Waals surface area contributed by atoms with Crippen molar-refractivity contribution in [1.82, 2.24) is 7.36 Å². The van der Waals surface area contributed by atoms with Crippen molar-refractivity contribution in [2.75, 3.05) is 32.3 Å². The van der Waals surface area contributed by atoms with E-state index in [-0.39, 0.29) is 12.5 Å². The molecular formula is C17H18N3O3Tl. The van der Waals surface area contributed by atoms with Gasteiger partial charge in [0.1, 0.15) is 0 Å². The second kappa shape index (κ2) is 6.14. The summed E-state index contributed by atoms with van der Waals surface area (Å²) < 4.78 is 13.0. The molecule has 1 unspecified atom stereocenters. The zero-order valence-electron chi connectivity index (χ0n) is 13.7. The number of hydrogen-bond donors (Lipinski definition) is 0. The molecule has 1 amide bonds. The minimum atomic E-state index is -0.0613. The van der Waals surface area contributed by atoms with Gasteiger partial charge in [-0.15, -0.1) is 0 Å². The summed E-state index contributed by atoms with van der Waals surface area (Å²) in [5.41, 5.74) is 3.23. The zero-order valence-corrected chi connectivity index (χ0v) is 18.2. The van der Waals surface area contributed by atoms with E-state index in [1.165, 1.54) is 12.7 Å². The molecule has 1 aromatic heterocycles. The molecule has 4 rings (SSSR count). The van der Waals surface area contributed by atoms with Gasteiger partial charge in [-0.05, 0) is 0 Å². The van der Waals surface area contributed by atoms with Crippen LogP contribution in [0.4, 0.5) is 5.69 Å². The molecule has 0 spiro atoms. The van der Waals surface area contributed by atoms with E-state index in [0.29, 0.717) is 17.8 Å². The fourth-order valence-corrected chi connectivity index (χ4v) is 4.47. The number of fused-ring (bicyclic) bond motifs is 3. The van der Waals surface area contributed by atoms with Gasteiger partial charge in [0.2, 0.25) is 0 Å². The molecule has 0 radical (unpaired) electrons. The van der Waals surface area contributed by atoms with Crippen molar-refractivity contribution in [2.45, 2.75) is 11.8 Å². The van der Waals surface area contributed by atoms with E-state index in [1.807, 2.05) is 18.5 Å². The third kappa shape index (κ3) is 2.65. The number of benzene rings is 1. The summed E-state index contributed by atoms with van der Waals surface area (Å²) >= 11 is 0.743. The Morgan fingerprint density at radius 2 is 2.33 bits per heavy atom. The standard InChI is InChI=1S/C17H18N3O3.Tl/c1-20(15(21)8-22-2)10-3-4-14-11(5-10)16-12(7-23-14)17(16)13-6-18-9-19-13;/h3-6,9,12,16-17H,7-8H2,1-2H3;/q-1;+1/t12-,16+,17?;/m0./s1. The first kappa shape index (κ1) is 16.1. The van der Waals surface area contributed by atoms with Gasteiger partial charge in [0, 0.05) is 7.11 Å². The number of nitrogens with zero attached hydrogens (tertiary/aromatic N) is 3. The number of anilines is 1. The van der Waals surface area contributed by atoms with Crippen molar-refractivity contribution in [2.24, 2.45) is 5.92 Å². The number of imidazole rings is 1. The number of ether oxygens (including phenoxy) is 2. The molecule has 24 heavy (non-hydrogen) atoms. The van der Waals surface area contributed by atoms with Gasteiger partial charge in [0.15, 0.2) is 0 Å². The minimum absolute atomic E-state index is 0.0613. The van der Waals surface area contributed by atoms with E-state index in [9.17, 15) is 4.79 Å². The van der Waals surface area contributed by atoms with Crippen LogP contribution in [0.5, 0.6) is 5.75 Å². The Hall–Kier alpha value is -1.42. The van der Waals surface area contributed by atoms with E-state index in [0.717, 1.165) is 49.8 Å². The quantitative estimate of drug-likeness (QED) is 0.576. The van der Waals surface area contributed by atoms with Crippen molar-refractivity contribution in [3.05, 3.63) is 42.0 Å². The van der Waals surface area contributed by atoms with Crippen molar-refractivity contribution < 1.29 is 14.3 Å². The molecule has 7 heteroatoms. The maximum absolute atomic E-state index is 12.1. The third-order valence-corrected chi connectivity index (χ3v) is 6.04. The van der Waals surface area contributed by atoms with Gasteiger partial charge in [-0.2, -0.15) is 0 Å². The third-order valence-electron chi connectivity index (χ3n) is 4.94. The van der Waals surface area contributed by atoms with Crippen LogP contribution in [0.2, 0.25) is 0 Å². The van der Waals surface area contributed by atoms with Gasteiger partial charge < -0.3 is 0 Å². The molecule has 1 aliphatic heterocycles. The first-order valence-corrected chi connectivity index (χ1v) is 9.92. The summed E-state index contributed by atoms with van der Waals surface area (Å²) in [6, 6.07) is 5.98. The molecule has 1 aromatic carbocycles.